The highest BCUT2D eigenvalue weighted by molar-refractivity contribution is 7.98. The summed E-state index contributed by atoms with van der Waals surface area (Å²) in [6, 6.07) is 12.6. The lowest BCUT2D eigenvalue weighted by Gasteiger charge is -2.11. The molecule has 6 heteroatoms. The van der Waals surface area contributed by atoms with E-state index in [1.807, 2.05) is 30.5 Å². The Bertz CT molecular complexity index is 647. The smallest absolute Gasteiger partial charge is 0.170 e. The Kier molecular flexibility index (Phi) is 4.76. The average Bonchev–Trinajstić information content (AvgIpc) is 2.49. The first-order valence-electron chi connectivity index (χ1n) is 5.74. The molecule has 0 saturated heterocycles. The van der Waals surface area contributed by atoms with E-state index >= 15 is 0 Å². The molecule has 20 heavy (non-hydrogen) atoms. The zero-order valence-corrected chi connectivity index (χ0v) is 12.3. The number of para-hydroxylation sites is 1. The van der Waals surface area contributed by atoms with E-state index in [4.69, 9.17) is 27.3 Å². The minimum atomic E-state index is 0.00274. The molecular weight excluding hydrogens is 296 g/mol. The van der Waals surface area contributed by atoms with Crippen molar-refractivity contribution in [3.05, 3.63) is 53.1 Å². The highest BCUT2D eigenvalue weighted by atomic mass is 35.5. The Morgan fingerprint density at radius 3 is 2.65 bits per heavy atom. The van der Waals surface area contributed by atoms with E-state index in [-0.39, 0.29) is 5.84 Å². The van der Waals surface area contributed by atoms with E-state index in [0.29, 0.717) is 16.3 Å². The van der Waals surface area contributed by atoms with Crippen molar-refractivity contribution in [3.8, 4) is 11.5 Å². The lowest BCUT2D eigenvalue weighted by Crippen LogP contribution is -2.12. The van der Waals surface area contributed by atoms with E-state index in [0.717, 1.165) is 10.6 Å². The number of oxime groups is 1. The molecular formula is C14H13ClN2O2S. The van der Waals surface area contributed by atoms with Gasteiger partial charge in [-0.1, -0.05) is 28.9 Å². The zero-order valence-electron chi connectivity index (χ0n) is 10.7. The third-order valence-corrected chi connectivity index (χ3v) is 3.70. The number of ether oxygens (including phenoxy) is 1. The summed E-state index contributed by atoms with van der Waals surface area (Å²) in [7, 11) is 0. The molecule has 0 radical (unpaired) electrons. The van der Waals surface area contributed by atoms with E-state index < -0.39 is 0 Å². The number of hydrogen-bond acceptors (Lipinski definition) is 4. The summed E-state index contributed by atoms with van der Waals surface area (Å²) in [6.45, 7) is 0. The van der Waals surface area contributed by atoms with E-state index in [1.165, 1.54) is 0 Å². The number of nitrogens with two attached hydrogens (primary N) is 1. The summed E-state index contributed by atoms with van der Waals surface area (Å²) < 4.78 is 5.80. The molecule has 0 fully saturated rings. The molecule has 0 unspecified atom stereocenters. The van der Waals surface area contributed by atoms with Gasteiger partial charge in [0.15, 0.2) is 5.84 Å². The largest absolute Gasteiger partial charge is 0.455 e. The van der Waals surface area contributed by atoms with Crippen molar-refractivity contribution in [2.45, 2.75) is 4.90 Å². The quantitative estimate of drug-likeness (QED) is 0.295. The molecule has 0 amide bonds. The second kappa shape index (κ2) is 6.54. The van der Waals surface area contributed by atoms with Crippen molar-refractivity contribution >= 4 is 29.2 Å². The summed E-state index contributed by atoms with van der Waals surface area (Å²) in [5.74, 6) is 1.25. The van der Waals surface area contributed by atoms with Crippen molar-refractivity contribution in [1.82, 2.24) is 0 Å². The van der Waals surface area contributed by atoms with Crippen LogP contribution in [0.15, 0.2) is 52.5 Å². The average molecular weight is 309 g/mol. The van der Waals surface area contributed by atoms with Gasteiger partial charge in [-0.25, -0.2) is 0 Å². The monoisotopic (exact) mass is 308 g/mol. The maximum absolute atomic E-state index is 8.64. The number of thioether (sulfide) groups is 1. The lowest BCUT2D eigenvalue weighted by atomic mass is 10.2. The maximum atomic E-state index is 8.64. The van der Waals surface area contributed by atoms with Gasteiger partial charge in [0.2, 0.25) is 0 Å². The number of benzene rings is 2. The van der Waals surface area contributed by atoms with E-state index in [9.17, 15) is 0 Å². The van der Waals surface area contributed by atoms with Crippen LogP contribution in [0, 0.1) is 0 Å². The van der Waals surface area contributed by atoms with E-state index in [1.54, 1.807) is 30.0 Å². The molecule has 0 atom stereocenters. The minimum absolute atomic E-state index is 0.00274. The summed E-state index contributed by atoms with van der Waals surface area (Å²) in [6.07, 6.45) is 1.98. The van der Waals surface area contributed by atoms with Gasteiger partial charge in [0.1, 0.15) is 11.5 Å². The van der Waals surface area contributed by atoms with Crippen molar-refractivity contribution in [2.24, 2.45) is 10.9 Å². The predicted molar refractivity (Wildman–Crippen MR) is 82.3 cm³/mol. The van der Waals surface area contributed by atoms with Gasteiger partial charge in [-0.05, 0) is 36.6 Å². The van der Waals surface area contributed by atoms with Gasteiger partial charge in [-0.3, -0.25) is 0 Å². The maximum Gasteiger partial charge on any atom is 0.170 e. The van der Waals surface area contributed by atoms with Crippen LogP contribution in [0.5, 0.6) is 11.5 Å². The molecule has 2 aromatic carbocycles. The van der Waals surface area contributed by atoms with Gasteiger partial charge in [-0.2, -0.15) is 0 Å². The molecule has 4 nitrogen and oxygen atoms in total. The summed E-state index contributed by atoms with van der Waals surface area (Å²) >= 11 is 7.74. The Balaban J connectivity index is 2.30. The summed E-state index contributed by atoms with van der Waals surface area (Å²) in [5, 5.41) is 12.0. The second-order valence-electron chi connectivity index (χ2n) is 3.88. The first kappa shape index (κ1) is 14.6. The highest BCUT2D eigenvalue weighted by Gasteiger charge is 2.09. The number of amidine groups is 1. The molecule has 0 spiro atoms. The van der Waals surface area contributed by atoms with Crippen LogP contribution in [0.1, 0.15) is 5.56 Å². The van der Waals surface area contributed by atoms with Crippen LogP contribution in [0.4, 0.5) is 0 Å². The Hall–Kier alpha value is -1.85. The molecule has 0 aliphatic heterocycles. The topological polar surface area (TPSA) is 67.8 Å². The molecule has 0 bridgehead atoms. The number of hydrogen-bond donors (Lipinski definition) is 2. The fourth-order valence-electron chi connectivity index (χ4n) is 1.62. The second-order valence-corrected chi connectivity index (χ2v) is 5.14. The van der Waals surface area contributed by atoms with Gasteiger partial charge in [-0.15, -0.1) is 11.8 Å². The van der Waals surface area contributed by atoms with E-state index in [2.05, 4.69) is 5.16 Å². The van der Waals surface area contributed by atoms with Gasteiger partial charge in [0.05, 0.1) is 5.02 Å². The summed E-state index contributed by atoms with van der Waals surface area (Å²) in [4.78, 5) is 1.02. The molecule has 2 aromatic rings. The van der Waals surface area contributed by atoms with Crippen LogP contribution in [0.25, 0.3) is 0 Å². The minimum Gasteiger partial charge on any atom is -0.455 e. The van der Waals surface area contributed by atoms with Gasteiger partial charge in [0, 0.05) is 10.5 Å². The van der Waals surface area contributed by atoms with Gasteiger partial charge in [0.25, 0.3) is 0 Å². The Morgan fingerprint density at radius 2 is 2.00 bits per heavy atom. The van der Waals surface area contributed by atoms with Crippen molar-refractivity contribution in [1.29, 1.82) is 0 Å². The first-order chi connectivity index (χ1) is 9.65. The van der Waals surface area contributed by atoms with Crippen LogP contribution in [0.2, 0.25) is 5.02 Å². The van der Waals surface area contributed by atoms with Crippen LogP contribution in [-0.2, 0) is 0 Å². The molecule has 0 aromatic heterocycles. The Labute approximate surface area is 126 Å². The highest BCUT2D eigenvalue weighted by Crippen LogP contribution is 2.35. The number of rotatable bonds is 4. The third-order valence-electron chi connectivity index (χ3n) is 2.62. The fraction of sp³-hybridized carbons (Fsp3) is 0.0714. The van der Waals surface area contributed by atoms with Crippen LogP contribution >= 0.6 is 23.4 Å². The molecule has 0 aliphatic carbocycles. The molecule has 0 aliphatic rings. The first-order valence-corrected chi connectivity index (χ1v) is 7.34. The standard InChI is InChI=1S/C14H13ClN2O2S/c1-20-13-5-3-2-4-12(13)19-11-7-6-9(8-10(11)15)14(16)17-18/h2-8,18H,1H3,(H2,16,17). The lowest BCUT2D eigenvalue weighted by molar-refractivity contribution is 0.318. The fourth-order valence-corrected chi connectivity index (χ4v) is 2.37. The van der Waals surface area contributed by atoms with Crippen LogP contribution in [0.3, 0.4) is 0 Å². The van der Waals surface area contributed by atoms with Crippen molar-refractivity contribution in [2.75, 3.05) is 6.26 Å². The van der Waals surface area contributed by atoms with Gasteiger partial charge < -0.3 is 15.7 Å². The van der Waals surface area contributed by atoms with Crippen LogP contribution < -0.4 is 10.5 Å². The molecule has 104 valence electrons. The molecule has 3 N–H and O–H groups in total. The summed E-state index contributed by atoms with van der Waals surface area (Å²) in [5.41, 5.74) is 6.04. The molecule has 0 heterocycles. The third kappa shape index (κ3) is 3.18. The number of halogens is 1. The van der Waals surface area contributed by atoms with Crippen molar-refractivity contribution < 1.29 is 9.94 Å². The van der Waals surface area contributed by atoms with Crippen LogP contribution in [-0.4, -0.2) is 17.3 Å². The molecule has 2 rings (SSSR count). The SMILES string of the molecule is CSc1ccccc1Oc1ccc(C(N)=NO)cc1Cl. The van der Waals surface area contributed by atoms with Crippen molar-refractivity contribution in [3.63, 3.8) is 0 Å². The Morgan fingerprint density at radius 1 is 1.25 bits per heavy atom. The predicted octanol–water partition coefficient (Wildman–Crippen LogP) is 3.95. The zero-order chi connectivity index (χ0) is 14.5. The van der Waals surface area contributed by atoms with Gasteiger partial charge >= 0.3 is 0 Å². The normalized spacial score (nSPS) is 11.4. The molecule has 0 saturated carbocycles. The number of nitrogens with zero attached hydrogens (tertiary/aromatic N) is 1.